The Hall–Kier alpha value is -3.96. The maximum absolute atomic E-state index is 17.3. The molecule has 5 rings (SSSR count). The number of likely N-dealkylation sites (N-methyl/N-ethyl adjacent to an activating group) is 1. The number of ether oxygens (including phenoxy) is 1. The standard InChI is InChI=1S/C39H44F7N5OS/c1-18(2)10-13-28(19(3)4)51(9)37-24-16-26(39(44,45)46)30(22-11-12-27(40)35-29(22)25(17-47)34(53-35)20(5)6)31(41)32(24)48-38(49-37)52-21(7)33-23(36(42)43)14-15-50(33)8/h11-12,16,18-21,28,33H,10,13-15H2,1-9H3. The summed E-state index contributed by atoms with van der Waals surface area (Å²) < 4.78 is 112. The van der Waals surface area contributed by atoms with Crippen LogP contribution in [0.25, 0.3) is 32.1 Å². The van der Waals surface area contributed by atoms with Gasteiger partial charge in [0.05, 0.1) is 21.9 Å². The molecule has 1 fully saturated rings. The first-order valence-electron chi connectivity index (χ1n) is 17.7. The molecule has 1 aliphatic heterocycles. The van der Waals surface area contributed by atoms with Crippen molar-refractivity contribution in [1.29, 1.82) is 5.26 Å². The van der Waals surface area contributed by atoms with E-state index in [1.807, 2.05) is 19.9 Å². The van der Waals surface area contributed by atoms with Gasteiger partial charge in [-0.1, -0.05) is 47.6 Å². The van der Waals surface area contributed by atoms with Crippen LogP contribution in [0.2, 0.25) is 0 Å². The minimum atomic E-state index is -5.10. The number of hydrogen-bond acceptors (Lipinski definition) is 7. The summed E-state index contributed by atoms with van der Waals surface area (Å²) in [5.41, 5.74) is -3.19. The first kappa shape index (κ1) is 40.2. The fraction of sp³-hybridized carbons (Fsp3) is 0.513. The summed E-state index contributed by atoms with van der Waals surface area (Å²) in [6.07, 6.45) is -6.33. The zero-order valence-corrected chi connectivity index (χ0v) is 32.0. The largest absolute Gasteiger partial charge is 0.458 e. The molecule has 0 aliphatic carbocycles. The summed E-state index contributed by atoms with van der Waals surface area (Å²) in [6, 6.07) is 3.34. The molecule has 0 radical (unpaired) electrons. The second-order valence-electron chi connectivity index (χ2n) is 14.9. The van der Waals surface area contributed by atoms with E-state index in [9.17, 15) is 14.0 Å². The molecule has 1 saturated heterocycles. The molecule has 14 heteroatoms. The molecule has 0 spiro atoms. The normalized spacial score (nSPS) is 16.7. The van der Waals surface area contributed by atoms with Crippen LogP contribution in [0.1, 0.15) is 89.7 Å². The highest BCUT2D eigenvalue weighted by molar-refractivity contribution is 7.19. The van der Waals surface area contributed by atoms with E-state index in [0.717, 1.165) is 36.0 Å². The summed E-state index contributed by atoms with van der Waals surface area (Å²) in [4.78, 5) is 12.7. The van der Waals surface area contributed by atoms with Crippen LogP contribution in [0.3, 0.4) is 0 Å². The fourth-order valence-electron chi connectivity index (χ4n) is 7.48. The highest BCUT2D eigenvalue weighted by Gasteiger charge is 2.40. The van der Waals surface area contributed by atoms with E-state index in [-0.39, 0.29) is 62.3 Å². The van der Waals surface area contributed by atoms with Crippen molar-refractivity contribution in [1.82, 2.24) is 14.9 Å². The second kappa shape index (κ2) is 15.4. The Kier molecular flexibility index (Phi) is 11.7. The van der Waals surface area contributed by atoms with Gasteiger partial charge in [-0.05, 0) is 68.7 Å². The molecule has 6 nitrogen and oxygen atoms in total. The number of alkyl halides is 3. The fourth-order valence-corrected chi connectivity index (χ4v) is 8.66. The lowest BCUT2D eigenvalue weighted by atomic mass is 9.91. The number of likely N-dealkylation sites (tertiary alicyclic amines) is 1. The molecule has 4 aromatic rings. The molecule has 53 heavy (non-hydrogen) atoms. The van der Waals surface area contributed by atoms with Crippen LogP contribution in [0.5, 0.6) is 6.01 Å². The van der Waals surface area contributed by atoms with Crippen LogP contribution in [0.15, 0.2) is 29.9 Å². The van der Waals surface area contributed by atoms with Crippen LogP contribution in [-0.2, 0) is 6.18 Å². The van der Waals surface area contributed by atoms with Gasteiger partial charge in [0.15, 0.2) is 5.82 Å². The van der Waals surface area contributed by atoms with E-state index in [2.05, 4.69) is 23.8 Å². The Morgan fingerprint density at radius 2 is 1.75 bits per heavy atom. The van der Waals surface area contributed by atoms with E-state index >= 15 is 22.0 Å². The zero-order chi connectivity index (χ0) is 39.3. The van der Waals surface area contributed by atoms with E-state index < -0.39 is 58.7 Å². The summed E-state index contributed by atoms with van der Waals surface area (Å²) in [5, 5.41) is 9.80. The molecular formula is C39H44F7N5OS. The summed E-state index contributed by atoms with van der Waals surface area (Å²) in [5.74, 6) is -2.09. The number of benzene rings is 2. The van der Waals surface area contributed by atoms with Crippen molar-refractivity contribution >= 4 is 38.1 Å². The Balaban J connectivity index is 1.85. The molecule has 2 aromatic carbocycles. The first-order chi connectivity index (χ1) is 24.8. The van der Waals surface area contributed by atoms with Gasteiger partial charge in [-0.15, -0.1) is 11.3 Å². The van der Waals surface area contributed by atoms with Crippen molar-refractivity contribution in [2.45, 2.75) is 98.0 Å². The van der Waals surface area contributed by atoms with Crippen LogP contribution in [0, 0.1) is 34.8 Å². The van der Waals surface area contributed by atoms with Crippen LogP contribution >= 0.6 is 11.3 Å². The highest BCUT2D eigenvalue weighted by Crippen LogP contribution is 2.48. The molecule has 0 saturated carbocycles. The minimum absolute atomic E-state index is 0.00345. The number of nitrogens with zero attached hydrogens (tertiary/aromatic N) is 5. The topological polar surface area (TPSA) is 65.3 Å². The Morgan fingerprint density at radius 3 is 2.32 bits per heavy atom. The lowest BCUT2D eigenvalue weighted by Crippen LogP contribution is -2.40. The number of thiophene rings is 1. The highest BCUT2D eigenvalue weighted by atomic mass is 32.1. The van der Waals surface area contributed by atoms with Gasteiger partial charge in [0.25, 0.3) is 6.08 Å². The molecule has 1 aliphatic rings. The predicted octanol–water partition coefficient (Wildman–Crippen LogP) is 11.3. The number of hydrogen-bond donors (Lipinski definition) is 0. The van der Waals surface area contributed by atoms with Crippen molar-refractivity contribution in [2.75, 3.05) is 25.5 Å². The van der Waals surface area contributed by atoms with Gasteiger partial charge in [0.2, 0.25) is 0 Å². The van der Waals surface area contributed by atoms with Crippen molar-refractivity contribution in [3.05, 3.63) is 57.5 Å². The van der Waals surface area contributed by atoms with Gasteiger partial charge in [0.1, 0.15) is 29.3 Å². The van der Waals surface area contributed by atoms with Gasteiger partial charge in [-0.3, -0.25) is 4.90 Å². The Morgan fingerprint density at radius 1 is 1.08 bits per heavy atom. The maximum Gasteiger partial charge on any atom is 0.417 e. The third-order valence-corrected chi connectivity index (χ3v) is 11.6. The number of nitriles is 1. The van der Waals surface area contributed by atoms with Gasteiger partial charge in [-0.2, -0.15) is 37.2 Å². The van der Waals surface area contributed by atoms with Crippen LogP contribution < -0.4 is 9.64 Å². The molecule has 0 N–H and O–H groups in total. The average molecular weight is 764 g/mol. The summed E-state index contributed by atoms with van der Waals surface area (Å²) >= 11 is 0.943. The molecule has 3 unspecified atom stereocenters. The van der Waals surface area contributed by atoms with Crippen molar-refractivity contribution in [2.24, 2.45) is 11.8 Å². The maximum atomic E-state index is 17.3. The van der Waals surface area contributed by atoms with E-state index in [1.165, 1.54) is 0 Å². The number of halogens is 7. The Bertz CT molecular complexity index is 2080. The average Bonchev–Trinajstić information content (AvgIpc) is 3.66. The summed E-state index contributed by atoms with van der Waals surface area (Å²) in [6.45, 7) is 13.5. The van der Waals surface area contributed by atoms with Crippen molar-refractivity contribution in [3.8, 4) is 23.2 Å². The number of rotatable bonds is 11. The third kappa shape index (κ3) is 7.69. The van der Waals surface area contributed by atoms with Crippen LogP contribution in [0.4, 0.5) is 36.6 Å². The number of fused-ring (bicyclic) bond motifs is 2. The quantitative estimate of drug-likeness (QED) is 0.142. The van der Waals surface area contributed by atoms with E-state index in [0.29, 0.717) is 23.8 Å². The molecule has 0 amide bonds. The van der Waals surface area contributed by atoms with Gasteiger partial charge < -0.3 is 9.64 Å². The molecular weight excluding hydrogens is 720 g/mol. The number of anilines is 1. The smallest absolute Gasteiger partial charge is 0.417 e. The monoisotopic (exact) mass is 763 g/mol. The predicted molar refractivity (Wildman–Crippen MR) is 196 cm³/mol. The lowest BCUT2D eigenvalue weighted by molar-refractivity contribution is -0.137. The molecule has 3 atom stereocenters. The first-order valence-corrected chi connectivity index (χ1v) is 18.5. The minimum Gasteiger partial charge on any atom is -0.458 e. The lowest BCUT2D eigenvalue weighted by Gasteiger charge is -2.34. The summed E-state index contributed by atoms with van der Waals surface area (Å²) in [7, 11) is 3.34. The molecule has 286 valence electrons. The SMILES string of the molecule is CC(C)CCC(C(C)C)N(C)c1nc(OC(C)C2C(=C(F)F)CCN2C)nc2c(F)c(-c3ccc(F)c4sc(C(C)C)c(C#N)c34)c(C(F)(F)F)cc12. The zero-order valence-electron chi connectivity index (χ0n) is 31.2. The third-order valence-electron chi connectivity index (χ3n) is 10.1. The number of aromatic nitrogens is 2. The van der Waals surface area contributed by atoms with Gasteiger partial charge in [-0.25, -0.2) is 8.78 Å². The van der Waals surface area contributed by atoms with Crippen LogP contribution in [-0.4, -0.2) is 53.7 Å². The van der Waals surface area contributed by atoms with Gasteiger partial charge >= 0.3 is 12.2 Å². The van der Waals surface area contributed by atoms with E-state index in [4.69, 9.17) is 4.74 Å². The Labute approximate surface area is 309 Å². The van der Waals surface area contributed by atoms with Crippen molar-refractivity contribution < 1.29 is 35.5 Å². The molecule has 3 heterocycles. The second-order valence-corrected chi connectivity index (χ2v) is 16.0. The molecule has 2 aromatic heterocycles. The van der Waals surface area contributed by atoms with Gasteiger partial charge in [0, 0.05) is 46.4 Å². The molecule has 0 bridgehead atoms. The van der Waals surface area contributed by atoms with E-state index in [1.54, 1.807) is 44.7 Å². The van der Waals surface area contributed by atoms with Crippen molar-refractivity contribution in [3.63, 3.8) is 0 Å².